The number of anilines is 1. The molecular formula is C22H20BrN5O6S. The normalized spacial score (nSPS) is 21.6. The van der Waals surface area contributed by atoms with Crippen molar-refractivity contribution in [2.45, 2.75) is 24.0 Å². The molecule has 3 fully saturated rings. The van der Waals surface area contributed by atoms with Gasteiger partial charge in [0.15, 0.2) is 17.3 Å². The molecule has 3 aliphatic carbocycles. The van der Waals surface area contributed by atoms with Crippen molar-refractivity contribution in [3.63, 3.8) is 0 Å². The lowest BCUT2D eigenvalue weighted by Crippen LogP contribution is -2.64. The monoisotopic (exact) mass is 561 g/mol. The summed E-state index contributed by atoms with van der Waals surface area (Å²) in [6.07, 6.45) is 6.48. The maximum atomic E-state index is 13.2. The van der Waals surface area contributed by atoms with Gasteiger partial charge in [-0.25, -0.2) is 28.4 Å². The number of nitrogens with one attached hydrogen (secondary N) is 1. The van der Waals surface area contributed by atoms with E-state index in [1.54, 1.807) is 30.6 Å². The van der Waals surface area contributed by atoms with E-state index >= 15 is 0 Å². The third-order valence-electron chi connectivity index (χ3n) is 6.41. The van der Waals surface area contributed by atoms with Crippen molar-refractivity contribution in [3.8, 4) is 34.5 Å². The Morgan fingerprint density at radius 3 is 2.51 bits per heavy atom. The second-order valence-corrected chi connectivity index (χ2v) is 11.6. The van der Waals surface area contributed by atoms with Gasteiger partial charge in [0.1, 0.15) is 19.5 Å². The second-order valence-electron chi connectivity index (χ2n) is 8.62. The number of hydrogen-bond donors (Lipinski definition) is 1. The van der Waals surface area contributed by atoms with Gasteiger partial charge in [-0.1, -0.05) is 6.07 Å². The van der Waals surface area contributed by atoms with E-state index in [0.717, 1.165) is 4.47 Å². The summed E-state index contributed by atoms with van der Waals surface area (Å²) in [7, 11) is -3.63. The number of rotatable bonds is 9. The fourth-order valence-corrected chi connectivity index (χ4v) is 6.67. The van der Waals surface area contributed by atoms with Crippen LogP contribution < -0.4 is 23.7 Å². The smallest absolute Gasteiger partial charge is 0.316 e. The minimum absolute atomic E-state index is 0.117. The first-order valence-corrected chi connectivity index (χ1v) is 13.2. The van der Waals surface area contributed by atoms with Crippen LogP contribution in [0.2, 0.25) is 0 Å². The average molecular weight is 562 g/mol. The lowest BCUT2D eigenvalue weighted by Gasteiger charge is -2.59. The number of sulfonamides is 1. The predicted molar refractivity (Wildman–Crippen MR) is 127 cm³/mol. The van der Waals surface area contributed by atoms with Gasteiger partial charge in [-0.15, -0.1) is 0 Å². The van der Waals surface area contributed by atoms with Crippen molar-refractivity contribution in [1.29, 1.82) is 0 Å². The number of halogens is 1. The first-order valence-electron chi connectivity index (χ1n) is 10.9. The molecule has 13 heteroatoms. The Hall–Kier alpha value is -3.19. The lowest BCUT2D eigenvalue weighted by molar-refractivity contribution is 0.0489. The SMILES string of the molecule is O=S(=O)(Nc1ncnc(OCCOc2ncc(Br)cn2)c1-c1ccc2c(c1)OCO2)C12CC(C1)C2. The van der Waals surface area contributed by atoms with Crippen LogP contribution in [0.3, 0.4) is 0 Å². The van der Waals surface area contributed by atoms with Crippen LogP contribution in [0, 0.1) is 5.92 Å². The third kappa shape index (κ3) is 4.01. The Kier molecular flexibility index (Phi) is 5.40. The predicted octanol–water partition coefficient (Wildman–Crippen LogP) is 3.18. The fourth-order valence-electron chi connectivity index (χ4n) is 4.48. The summed E-state index contributed by atoms with van der Waals surface area (Å²) in [6.45, 7) is 0.385. The number of aromatic nitrogens is 4. The molecular weight excluding hydrogens is 542 g/mol. The molecule has 0 saturated heterocycles. The zero-order valence-corrected chi connectivity index (χ0v) is 20.7. The molecule has 0 radical (unpaired) electrons. The number of fused-ring (bicyclic) bond motifs is 1. The van der Waals surface area contributed by atoms with Gasteiger partial charge >= 0.3 is 6.01 Å². The molecule has 0 unspecified atom stereocenters. The highest BCUT2D eigenvalue weighted by Gasteiger charge is 2.65. The zero-order chi connectivity index (χ0) is 24.0. The lowest BCUT2D eigenvalue weighted by atomic mass is 9.55. The van der Waals surface area contributed by atoms with Crippen LogP contribution in [0.1, 0.15) is 19.3 Å². The van der Waals surface area contributed by atoms with Gasteiger partial charge in [0.25, 0.3) is 0 Å². The molecule has 1 N–H and O–H groups in total. The molecule has 35 heavy (non-hydrogen) atoms. The minimum atomic E-state index is -3.63. The van der Waals surface area contributed by atoms with E-state index < -0.39 is 14.8 Å². The minimum Gasteiger partial charge on any atom is -0.473 e. The van der Waals surface area contributed by atoms with Crippen molar-refractivity contribution in [2.24, 2.45) is 5.92 Å². The van der Waals surface area contributed by atoms with Crippen molar-refractivity contribution < 1.29 is 27.4 Å². The molecule has 7 rings (SSSR count). The Morgan fingerprint density at radius 2 is 1.77 bits per heavy atom. The van der Waals surface area contributed by atoms with Crippen LogP contribution in [0.5, 0.6) is 23.4 Å². The quantitative estimate of drug-likeness (QED) is 0.388. The molecule has 1 aliphatic heterocycles. The molecule has 3 heterocycles. The van der Waals surface area contributed by atoms with Crippen molar-refractivity contribution in [3.05, 3.63) is 41.4 Å². The second kappa shape index (κ2) is 8.48. The third-order valence-corrected chi connectivity index (χ3v) is 8.92. The highest BCUT2D eigenvalue weighted by Crippen LogP contribution is 2.62. The molecule has 4 aliphatic rings. The number of ether oxygens (including phenoxy) is 4. The molecule has 0 spiro atoms. The summed E-state index contributed by atoms with van der Waals surface area (Å²) in [5.41, 5.74) is 1.03. The van der Waals surface area contributed by atoms with Crippen LogP contribution in [0.15, 0.2) is 41.4 Å². The molecule has 3 saturated carbocycles. The van der Waals surface area contributed by atoms with E-state index in [1.807, 2.05) is 0 Å². The van der Waals surface area contributed by atoms with Gasteiger partial charge in [-0.05, 0) is 58.8 Å². The number of hydrogen-bond acceptors (Lipinski definition) is 10. The van der Waals surface area contributed by atoms with Crippen molar-refractivity contribution >= 4 is 31.8 Å². The highest BCUT2D eigenvalue weighted by atomic mass is 79.9. The Balaban J connectivity index is 1.27. The van der Waals surface area contributed by atoms with Crippen LogP contribution >= 0.6 is 15.9 Å². The maximum absolute atomic E-state index is 13.2. The Labute approximate surface area is 209 Å². The molecule has 0 amide bonds. The van der Waals surface area contributed by atoms with Gasteiger partial charge in [-0.3, -0.25) is 4.72 Å². The summed E-state index contributed by atoms with van der Waals surface area (Å²) in [5.74, 6) is 2.01. The summed E-state index contributed by atoms with van der Waals surface area (Å²) < 4.78 is 51.4. The molecule has 0 atom stereocenters. The van der Waals surface area contributed by atoms with Crippen LogP contribution in [-0.2, 0) is 10.0 Å². The Morgan fingerprint density at radius 1 is 1.03 bits per heavy atom. The van der Waals surface area contributed by atoms with Gasteiger partial charge in [0.2, 0.25) is 22.7 Å². The average Bonchev–Trinajstić information content (AvgIpc) is 3.23. The van der Waals surface area contributed by atoms with Gasteiger partial charge in [0.05, 0.1) is 14.8 Å². The molecule has 2 bridgehead atoms. The first-order chi connectivity index (χ1) is 16.9. The largest absolute Gasteiger partial charge is 0.473 e. The van der Waals surface area contributed by atoms with E-state index in [0.29, 0.717) is 47.8 Å². The number of nitrogens with zero attached hydrogens (tertiary/aromatic N) is 4. The molecule has 11 nitrogen and oxygen atoms in total. The molecule has 2 aromatic heterocycles. The first kappa shape index (κ1) is 22.3. The van der Waals surface area contributed by atoms with Gasteiger partial charge in [-0.2, -0.15) is 0 Å². The van der Waals surface area contributed by atoms with Crippen LogP contribution in [0.25, 0.3) is 11.1 Å². The molecule has 1 aromatic carbocycles. The van der Waals surface area contributed by atoms with Gasteiger partial charge < -0.3 is 18.9 Å². The topological polar surface area (TPSA) is 135 Å². The molecule has 3 aromatic rings. The van der Waals surface area contributed by atoms with Gasteiger partial charge in [0, 0.05) is 12.4 Å². The van der Waals surface area contributed by atoms with E-state index in [4.69, 9.17) is 18.9 Å². The van der Waals surface area contributed by atoms with E-state index in [1.165, 1.54) is 6.33 Å². The summed E-state index contributed by atoms with van der Waals surface area (Å²) in [4.78, 5) is 16.6. The van der Waals surface area contributed by atoms with Crippen molar-refractivity contribution in [1.82, 2.24) is 19.9 Å². The van der Waals surface area contributed by atoms with E-state index in [-0.39, 0.29) is 37.7 Å². The van der Waals surface area contributed by atoms with Crippen LogP contribution in [0.4, 0.5) is 5.82 Å². The molecule has 182 valence electrons. The highest BCUT2D eigenvalue weighted by molar-refractivity contribution is 9.10. The van der Waals surface area contributed by atoms with Crippen LogP contribution in [-0.4, -0.2) is 53.1 Å². The van der Waals surface area contributed by atoms with Crippen molar-refractivity contribution in [2.75, 3.05) is 24.7 Å². The van der Waals surface area contributed by atoms with E-state index in [9.17, 15) is 8.42 Å². The summed E-state index contributed by atoms with van der Waals surface area (Å²) >= 11 is 3.27. The summed E-state index contributed by atoms with van der Waals surface area (Å²) in [5, 5.41) is 0. The number of benzene rings is 1. The fraction of sp³-hybridized carbons (Fsp3) is 0.364. The maximum Gasteiger partial charge on any atom is 0.316 e. The standard InChI is InChI=1S/C22H20BrN5O6S/c23-15-9-24-21(25-10-15)32-4-3-31-20-18(14-1-2-16-17(5-14)34-12-33-16)19(26-11-27-20)28-35(29,30)22-6-13(7-22)8-22/h1-2,5,9-11,13H,3-4,6-8,12H2,(H,26,27,28). The summed E-state index contributed by atoms with van der Waals surface area (Å²) in [6, 6.07) is 5.49. The zero-order valence-electron chi connectivity index (χ0n) is 18.3. The Bertz CT molecular complexity index is 1370. The van der Waals surface area contributed by atoms with E-state index in [2.05, 4.69) is 40.6 Å².